The van der Waals surface area contributed by atoms with Crippen LogP contribution in [0.4, 0.5) is 0 Å². The molecule has 6 heteroatoms. The Hall–Kier alpha value is -2.50. The van der Waals surface area contributed by atoms with Crippen molar-refractivity contribution in [3.8, 4) is 11.5 Å². The van der Waals surface area contributed by atoms with Gasteiger partial charge in [0, 0.05) is 18.7 Å². The highest BCUT2D eigenvalue weighted by atomic mass is 16.5. The molecule has 1 aromatic rings. The molecule has 1 saturated heterocycles. The molecule has 0 unspecified atom stereocenters. The summed E-state index contributed by atoms with van der Waals surface area (Å²) in [6, 6.07) is 5.57. The lowest BCUT2D eigenvalue weighted by atomic mass is 9.96. The van der Waals surface area contributed by atoms with Gasteiger partial charge in [0.1, 0.15) is 18.1 Å². The summed E-state index contributed by atoms with van der Waals surface area (Å²) in [6.45, 7) is 3.77. The van der Waals surface area contributed by atoms with Crippen LogP contribution in [-0.4, -0.2) is 43.0 Å². The smallest absolute Gasteiger partial charge is 0.253 e. The van der Waals surface area contributed by atoms with Gasteiger partial charge in [-0.25, -0.2) is 0 Å². The zero-order chi connectivity index (χ0) is 17.1. The number of hydrogen-bond acceptors (Lipinski definition) is 4. The number of likely N-dealkylation sites (tertiary alicyclic amines) is 1. The van der Waals surface area contributed by atoms with Crippen LogP contribution in [0, 0.1) is 5.92 Å². The minimum Gasteiger partial charge on any atom is -0.494 e. The molecule has 128 valence electrons. The van der Waals surface area contributed by atoms with Gasteiger partial charge in [-0.15, -0.1) is 0 Å². The highest BCUT2D eigenvalue weighted by Gasteiger charge is 2.29. The molecule has 0 aromatic heterocycles. The van der Waals surface area contributed by atoms with E-state index in [-0.39, 0.29) is 24.3 Å². The molecule has 2 aliphatic rings. The Labute approximate surface area is 141 Å². The van der Waals surface area contributed by atoms with Crippen molar-refractivity contribution in [1.82, 2.24) is 4.90 Å². The highest BCUT2D eigenvalue weighted by molar-refractivity contribution is 5.99. The Balaban J connectivity index is 1.78. The average molecular weight is 330 g/mol. The van der Waals surface area contributed by atoms with E-state index >= 15 is 0 Å². The molecule has 0 saturated carbocycles. The zero-order valence-corrected chi connectivity index (χ0v) is 13.8. The average Bonchev–Trinajstić information content (AvgIpc) is 2.61. The lowest BCUT2D eigenvalue weighted by Gasteiger charge is -2.32. The minimum atomic E-state index is -0.340. The maximum atomic E-state index is 12.7. The summed E-state index contributed by atoms with van der Waals surface area (Å²) in [5.41, 5.74) is 6.80. The first kappa shape index (κ1) is 16.4. The number of ether oxygens (including phenoxy) is 2. The number of benzene rings is 1. The van der Waals surface area contributed by atoms with E-state index in [9.17, 15) is 9.59 Å². The standard InChI is InChI=1S/C18H22N2O4/c1-2-23-15-5-6-16-13(9-15)8-14(11-24-16)18(22)20-7-3-4-12(10-20)17(19)21/h5-6,8-9,12H,2-4,7,10-11H2,1H3,(H2,19,21)/t12-/m0/s1. The van der Waals surface area contributed by atoms with Crippen LogP contribution in [0.25, 0.3) is 6.08 Å². The van der Waals surface area contributed by atoms with Crippen LogP contribution >= 0.6 is 0 Å². The molecule has 0 aliphatic carbocycles. The molecule has 3 rings (SSSR count). The summed E-state index contributed by atoms with van der Waals surface area (Å²) in [5.74, 6) is 0.798. The van der Waals surface area contributed by atoms with E-state index < -0.39 is 0 Å². The van der Waals surface area contributed by atoms with Gasteiger partial charge in [0.05, 0.1) is 18.1 Å². The number of piperidine rings is 1. The van der Waals surface area contributed by atoms with Gasteiger partial charge in [-0.2, -0.15) is 0 Å². The van der Waals surface area contributed by atoms with E-state index in [1.54, 1.807) is 4.90 Å². The van der Waals surface area contributed by atoms with Crippen LogP contribution in [0.2, 0.25) is 0 Å². The molecule has 6 nitrogen and oxygen atoms in total. The van der Waals surface area contributed by atoms with Crippen LogP contribution in [0.1, 0.15) is 25.3 Å². The molecule has 1 atom stereocenters. The Bertz CT molecular complexity index is 684. The molecule has 1 fully saturated rings. The van der Waals surface area contributed by atoms with Gasteiger partial charge in [0.25, 0.3) is 5.91 Å². The maximum Gasteiger partial charge on any atom is 0.253 e. The van der Waals surface area contributed by atoms with Gasteiger partial charge in [-0.1, -0.05) is 0 Å². The monoisotopic (exact) mass is 330 g/mol. The van der Waals surface area contributed by atoms with E-state index in [4.69, 9.17) is 15.2 Å². The van der Waals surface area contributed by atoms with E-state index in [2.05, 4.69) is 0 Å². The number of hydrogen-bond donors (Lipinski definition) is 1. The minimum absolute atomic E-state index is 0.0894. The molecule has 0 bridgehead atoms. The number of nitrogens with zero attached hydrogens (tertiary/aromatic N) is 1. The van der Waals surface area contributed by atoms with Crippen molar-refractivity contribution in [2.24, 2.45) is 11.7 Å². The lowest BCUT2D eigenvalue weighted by molar-refractivity contribution is -0.131. The van der Waals surface area contributed by atoms with Crippen molar-refractivity contribution in [2.75, 3.05) is 26.3 Å². The molecule has 2 aliphatic heterocycles. The molecular formula is C18H22N2O4. The maximum absolute atomic E-state index is 12.7. The Morgan fingerprint density at radius 2 is 2.25 bits per heavy atom. The molecule has 2 N–H and O–H groups in total. The summed E-state index contributed by atoms with van der Waals surface area (Å²) in [4.78, 5) is 25.8. The van der Waals surface area contributed by atoms with Crippen LogP contribution < -0.4 is 15.2 Å². The number of carbonyl (C=O) groups is 2. The fourth-order valence-corrected chi connectivity index (χ4v) is 3.13. The van der Waals surface area contributed by atoms with Crippen LogP contribution in [0.5, 0.6) is 11.5 Å². The van der Waals surface area contributed by atoms with E-state index in [0.29, 0.717) is 25.3 Å². The third-order valence-corrected chi connectivity index (χ3v) is 4.39. The van der Waals surface area contributed by atoms with Crippen LogP contribution in [0.15, 0.2) is 23.8 Å². The summed E-state index contributed by atoms with van der Waals surface area (Å²) >= 11 is 0. The predicted molar refractivity (Wildman–Crippen MR) is 89.6 cm³/mol. The van der Waals surface area contributed by atoms with Crippen molar-refractivity contribution in [3.63, 3.8) is 0 Å². The molecule has 2 amide bonds. The second-order valence-electron chi connectivity index (χ2n) is 6.08. The number of primary amides is 1. The molecular weight excluding hydrogens is 308 g/mol. The van der Waals surface area contributed by atoms with Gasteiger partial charge in [0.15, 0.2) is 0 Å². The Kier molecular flexibility index (Phi) is 4.74. The molecule has 1 aromatic carbocycles. The van der Waals surface area contributed by atoms with Crippen LogP contribution in [-0.2, 0) is 9.59 Å². The van der Waals surface area contributed by atoms with Gasteiger partial charge >= 0.3 is 0 Å². The van der Waals surface area contributed by atoms with Gasteiger partial charge in [-0.3, -0.25) is 9.59 Å². The number of rotatable bonds is 4. The van der Waals surface area contributed by atoms with Crippen molar-refractivity contribution < 1.29 is 19.1 Å². The second kappa shape index (κ2) is 6.95. The SMILES string of the molecule is CCOc1ccc2c(c1)C=C(C(=O)N1CCC[C@H](C(N)=O)C1)CO2. The van der Waals surface area contributed by atoms with Gasteiger partial charge in [-0.05, 0) is 44.0 Å². The normalized spacial score (nSPS) is 19.8. The van der Waals surface area contributed by atoms with Gasteiger partial charge < -0.3 is 20.1 Å². The molecule has 0 radical (unpaired) electrons. The molecule has 0 spiro atoms. The number of fused-ring (bicyclic) bond motifs is 1. The highest BCUT2D eigenvalue weighted by Crippen LogP contribution is 2.31. The Morgan fingerprint density at radius 3 is 3.00 bits per heavy atom. The van der Waals surface area contributed by atoms with E-state index in [0.717, 1.165) is 29.9 Å². The van der Waals surface area contributed by atoms with Crippen molar-refractivity contribution in [1.29, 1.82) is 0 Å². The lowest BCUT2D eigenvalue weighted by Crippen LogP contribution is -2.45. The van der Waals surface area contributed by atoms with Crippen molar-refractivity contribution >= 4 is 17.9 Å². The molecule has 2 heterocycles. The fourth-order valence-electron chi connectivity index (χ4n) is 3.13. The third kappa shape index (κ3) is 3.37. The number of carbonyl (C=O) groups excluding carboxylic acids is 2. The van der Waals surface area contributed by atoms with E-state index in [1.165, 1.54) is 0 Å². The van der Waals surface area contributed by atoms with Crippen LogP contribution in [0.3, 0.4) is 0 Å². The summed E-state index contributed by atoms with van der Waals surface area (Å²) in [7, 11) is 0. The predicted octanol–water partition coefficient (Wildman–Crippen LogP) is 1.58. The van der Waals surface area contributed by atoms with Gasteiger partial charge in [0.2, 0.25) is 5.91 Å². The first-order chi connectivity index (χ1) is 11.6. The second-order valence-corrected chi connectivity index (χ2v) is 6.08. The quantitative estimate of drug-likeness (QED) is 0.909. The van der Waals surface area contributed by atoms with E-state index in [1.807, 2.05) is 31.2 Å². The third-order valence-electron chi connectivity index (χ3n) is 4.39. The summed E-state index contributed by atoms with van der Waals surface area (Å²) in [5, 5.41) is 0. The fraction of sp³-hybridized carbons (Fsp3) is 0.444. The first-order valence-electron chi connectivity index (χ1n) is 8.27. The molecule has 24 heavy (non-hydrogen) atoms. The van der Waals surface area contributed by atoms with Crippen molar-refractivity contribution in [3.05, 3.63) is 29.3 Å². The number of amides is 2. The number of nitrogens with two attached hydrogens (primary N) is 1. The zero-order valence-electron chi connectivity index (χ0n) is 13.8. The topological polar surface area (TPSA) is 81.9 Å². The largest absolute Gasteiger partial charge is 0.494 e. The summed E-state index contributed by atoms with van der Waals surface area (Å²) in [6.07, 6.45) is 3.38. The van der Waals surface area contributed by atoms with Crippen molar-refractivity contribution in [2.45, 2.75) is 19.8 Å². The summed E-state index contributed by atoms with van der Waals surface area (Å²) < 4.78 is 11.2. The first-order valence-corrected chi connectivity index (χ1v) is 8.27. The Morgan fingerprint density at radius 1 is 1.42 bits per heavy atom.